The van der Waals surface area contributed by atoms with Gasteiger partial charge in [-0.05, 0) is 36.4 Å². The molecule has 3 rings (SSSR count). The molecule has 5 heteroatoms. The number of hydrogen-bond donors (Lipinski definition) is 1. The molecule has 0 spiro atoms. The van der Waals surface area contributed by atoms with E-state index in [-0.39, 0.29) is 0 Å². The third-order valence-corrected chi connectivity index (χ3v) is 4.15. The summed E-state index contributed by atoms with van der Waals surface area (Å²) in [6.45, 7) is 0. The summed E-state index contributed by atoms with van der Waals surface area (Å²) in [5, 5.41) is 4.93. The average molecular weight is 304 g/mol. The normalized spacial score (nSPS) is 10.8. The van der Waals surface area contributed by atoms with E-state index < -0.39 is 0 Å². The Balaban J connectivity index is 1.90. The first kappa shape index (κ1) is 13.2. The van der Waals surface area contributed by atoms with Crippen LogP contribution in [0.4, 0.5) is 16.5 Å². The molecule has 102 valence electrons. The monoisotopic (exact) mass is 303 g/mol. The van der Waals surface area contributed by atoms with Crippen molar-refractivity contribution in [2.24, 2.45) is 0 Å². The predicted molar refractivity (Wildman–Crippen MR) is 88.7 cm³/mol. The fourth-order valence-corrected chi connectivity index (χ4v) is 2.97. The molecule has 3 aromatic rings. The molecule has 0 aliphatic rings. The molecule has 0 atom stereocenters. The summed E-state index contributed by atoms with van der Waals surface area (Å²) in [5.41, 5.74) is 3.11. The summed E-state index contributed by atoms with van der Waals surface area (Å²) in [4.78, 5) is 6.63. The van der Waals surface area contributed by atoms with Crippen molar-refractivity contribution in [1.82, 2.24) is 4.98 Å². The molecule has 0 amide bonds. The summed E-state index contributed by atoms with van der Waals surface area (Å²) in [6.07, 6.45) is 0. The number of nitrogens with zero attached hydrogens (tertiary/aromatic N) is 2. The van der Waals surface area contributed by atoms with Crippen LogP contribution in [0.2, 0.25) is 5.02 Å². The van der Waals surface area contributed by atoms with Crippen LogP contribution in [0.1, 0.15) is 0 Å². The quantitative estimate of drug-likeness (QED) is 0.756. The molecule has 1 aromatic heterocycles. The minimum Gasteiger partial charge on any atom is -0.378 e. The summed E-state index contributed by atoms with van der Waals surface area (Å²) >= 11 is 7.60. The number of thiazole rings is 1. The predicted octanol–water partition coefficient (Wildman–Crippen LogP) is 4.76. The van der Waals surface area contributed by atoms with Crippen molar-refractivity contribution in [3.8, 4) is 0 Å². The van der Waals surface area contributed by atoms with Crippen LogP contribution in [0.3, 0.4) is 0 Å². The van der Waals surface area contributed by atoms with E-state index in [1.165, 1.54) is 0 Å². The SMILES string of the molecule is CN(C)c1cccc(Nc2nc3cc(Cl)ccc3s2)c1. The Labute approximate surface area is 126 Å². The van der Waals surface area contributed by atoms with Gasteiger partial charge in [-0.25, -0.2) is 4.98 Å². The van der Waals surface area contributed by atoms with Crippen molar-refractivity contribution in [1.29, 1.82) is 0 Å². The van der Waals surface area contributed by atoms with Crippen molar-refractivity contribution >= 4 is 49.7 Å². The fourth-order valence-electron chi connectivity index (χ4n) is 1.94. The van der Waals surface area contributed by atoms with E-state index in [9.17, 15) is 0 Å². The van der Waals surface area contributed by atoms with Crippen LogP contribution in [-0.4, -0.2) is 19.1 Å². The highest BCUT2D eigenvalue weighted by molar-refractivity contribution is 7.22. The van der Waals surface area contributed by atoms with Crippen LogP contribution in [0.5, 0.6) is 0 Å². The van der Waals surface area contributed by atoms with Crippen molar-refractivity contribution in [2.75, 3.05) is 24.3 Å². The maximum atomic E-state index is 5.98. The molecular weight excluding hydrogens is 290 g/mol. The zero-order chi connectivity index (χ0) is 14.1. The zero-order valence-electron chi connectivity index (χ0n) is 11.2. The van der Waals surface area contributed by atoms with Crippen LogP contribution in [-0.2, 0) is 0 Å². The van der Waals surface area contributed by atoms with Gasteiger partial charge in [0.1, 0.15) is 0 Å². The Morgan fingerprint density at radius 2 is 2.00 bits per heavy atom. The molecule has 1 heterocycles. The highest BCUT2D eigenvalue weighted by atomic mass is 35.5. The van der Waals surface area contributed by atoms with Gasteiger partial charge in [0, 0.05) is 30.5 Å². The van der Waals surface area contributed by atoms with Gasteiger partial charge >= 0.3 is 0 Å². The summed E-state index contributed by atoms with van der Waals surface area (Å²) in [5.74, 6) is 0. The van der Waals surface area contributed by atoms with Crippen molar-refractivity contribution in [2.45, 2.75) is 0 Å². The molecule has 0 saturated heterocycles. The van der Waals surface area contributed by atoms with Gasteiger partial charge in [0.25, 0.3) is 0 Å². The second-order valence-corrected chi connectivity index (χ2v) is 6.17. The van der Waals surface area contributed by atoms with Crippen LogP contribution >= 0.6 is 22.9 Å². The number of rotatable bonds is 3. The number of benzene rings is 2. The van der Waals surface area contributed by atoms with E-state index in [2.05, 4.69) is 27.3 Å². The van der Waals surface area contributed by atoms with Crippen LogP contribution in [0.15, 0.2) is 42.5 Å². The maximum Gasteiger partial charge on any atom is 0.188 e. The van der Waals surface area contributed by atoms with E-state index >= 15 is 0 Å². The van der Waals surface area contributed by atoms with Gasteiger partial charge in [-0.2, -0.15) is 0 Å². The number of aromatic nitrogens is 1. The Kier molecular flexibility index (Phi) is 3.51. The Morgan fingerprint density at radius 1 is 1.15 bits per heavy atom. The first-order chi connectivity index (χ1) is 9.61. The van der Waals surface area contributed by atoms with E-state index in [0.717, 1.165) is 26.7 Å². The van der Waals surface area contributed by atoms with E-state index in [4.69, 9.17) is 11.6 Å². The summed E-state index contributed by atoms with van der Waals surface area (Å²) < 4.78 is 1.13. The number of anilines is 3. The van der Waals surface area contributed by atoms with Crippen LogP contribution in [0.25, 0.3) is 10.2 Å². The van der Waals surface area contributed by atoms with Crippen molar-refractivity contribution in [3.05, 3.63) is 47.5 Å². The highest BCUT2D eigenvalue weighted by Gasteiger charge is 2.05. The molecule has 0 unspecified atom stereocenters. The third kappa shape index (κ3) is 2.71. The zero-order valence-corrected chi connectivity index (χ0v) is 12.8. The summed E-state index contributed by atoms with van der Waals surface area (Å²) in [7, 11) is 4.05. The lowest BCUT2D eigenvalue weighted by atomic mass is 10.2. The van der Waals surface area contributed by atoms with Crippen molar-refractivity contribution in [3.63, 3.8) is 0 Å². The van der Waals surface area contributed by atoms with Gasteiger partial charge in [-0.1, -0.05) is 29.0 Å². The molecule has 0 bridgehead atoms. The Morgan fingerprint density at radius 3 is 2.80 bits per heavy atom. The molecular formula is C15H14ClN3S. The molecule has 3 nitrogen and oxygen atoms in total. The molecule has 0 saturated carbocycles. The number of hydrogen-bond acceptors (Lipinski definition) is 4. The van der Waals surface area contributed by atoms with Crippen LogP contribution < -0.4 is 10.2 Å². The molecule has 0 fully saturated rings. The van der Waals surface area contributed by atoms with Gasteiger partial charge in [0.2, 0.25) is 0 Å². The number of fused-ring (bicyclic) bond motifs is 1. The first-order valence-corrected chi connectivity index (χ1v) is 7.42. The largest absolute Gasteiger partial charge is 0.378 e. The number of nitrogens with one attached hydrogen (secondary N) is 1. The van der Waals surface area contributed by atoms with E-state index in [0.29, 0.717) is 5.02 Å². The molecule has 20 heavy (non-hydrogen) atoms. The lowest BCUT2D eigenvalue weighted by Gasteiger charge is -2.13. The topological polar surface area (TPSA) is 28.2 Å². The van der Waals surface area contributed by atoms with Crippen LogP contribution in [0, 0.1) is 0 Å². The smallest absolute Gasteiger partial charge is 0.188 e. The Hall–Kier alpha value is -1.78. The Bertz CT molecular complexity index is 752. The standard InChI is InChI=1S/C15H14ClN3S/c1-19(2)12-5-3-4-11(9-12)17-15-18-13-8-10(16)6-7-14(13)20-15/h3-9H,1-2H3,(H,17,18). The fraction of sp³-hybridized carbons (Fsp3) is 0.133. The highest BCUT2D eigenvalue weighted by Crippen LogP contribution is 2.30. The second-order valence-electron chi connectivity index (χ2n) is 4.70. The lowest BCUT2D eigenvalue weighted by molar-refractivity contribution is 1.13. The third-order valence-electron chi connectivity index (χ3n) is 2.96. The van der Waals surface area contributed by atoms with Gasteiger partial charge < -0.3 is 10.2 Å². The van der Waals surface area contributed by atoms with Gasteiger partial charge in [0.05, 0.1) is 10.2 Å². The molecule has 2 aromatic carbocycles. The minimum absolute atomic E-state index is 0.712. The lowest BCUT2D eigenvalue weighted by Crippen LogP contribution is -2.08. The van der Waals surface area contributed by atoms with E-state index in [1.54, 1.807) is 11.3 Å². The minimum atomic E-state index is 0.712. The maximum absolute atomic E-state index is 5.98. The molecule has 0 aliphatic carbocycles. The number of halogens is 1. The van der Waals surface area contributed by atoms with Crippen molar-refractivity contribution < 1.29 is 0 Å². The first-order valence-electron chi connectivity index (χ1n) is 6.22. The average Bonchev–Trinajstić information content (AvgIpc) is 2.80. The van der Waals surface area contributed by atoms with E-state index in [1.807, 2.05) is 44.4 Å². The second kappa shape index (κ2) is 5.31. The molecule has 0 radical (unpaired) electrons. The summed E-state index contributed by atoms with van der Waals surface area (Å²) in [6, 6.07) is 14.0. The van der Waals surface area contributed by atoms with Gasteiger partial charge in [-0.15, -0.1) is 0 Å². The van der Waals surface area contributed by atoms with Gasteiger partial charge in [-0.3, -0.25) is 0 Å². The molecule has 1 N–H and O–H groups in total. The van der Waals surface area contributed by atoms with Gasteiger partial charge in [0.15, 0.2) is 5.13 Å². The molecule has 0 aliphatic heterocycles.